The summed E-state index contributed by atoms with van der Waals surface area (Å²) in [4.78, 5) is 38.9. The van der Waals surface area contributed by atoms with Crippen LogP contribution >= 0.6 is 0 Å². The molecule has 18 heteroatoms. The molecule has 0 saturated carbocycles. The number of nitrogens with one attached hydrogen (secondary N) is 2. The molecule has 0 aliphatic rings. The summed E-state index contributed by atoms with van der Waals surface area (Å²) in [7, 11) is 5.60. The maximum absolute atomic E-state index is 12.9. The summed E-state index contributed by atoms with van der Waals surface area (Å²) in [5.74, 6) is -4.24. The summed E-state index contributed by atoms with van der Waals surface area (Å²) in [5, 5.41) is 23.9. The molecule has 0 aliphatic carbocycles. The van der Waals surface area contributed by atoms with Crippen molar-refractivity contribution in [3.8, 4) is 16.9 Å². The summed E-state index contributed by atoms with van der Waals surface area (Å²) in [6, 6.07) is 11.2. The number of amides is 2. The van der Waals surface area contributed by atoms with Gasteiger partial charge >= 0.3 is 30.3 Å². The second-order valence-electron chi connectivity index (χ2n) is 8.53. The fourth-order valence-electron chi connectivity index (χ4n) is 2.80. The number of aromatic nitrogens is 3. The fourth-order valence-corrected chi connectivity index (χ4v) is 2.80. The van der Waals surface area contributed by atoms with Crippen LogP contribution in [0.3, 0.4) is 0 Å². The Kier molecular flexibility index (Phi) is 13.9. The highest BCUT2D eigenvalue weighted by atomic mass is 19.4. The molecular formula is C25H28F6N6O6. The molecule has 4 N–H and O–H groups in total. The minimum absolute atomic E-state index is 0.196. The van der Waals surface area contributed by atoms with Crippen LogP contribution in [0, 0.1) is 0 Å². The van der Waals surface area contributed by atoms with E-state index >= 15 is 0 Å². The molecule has 2 aromatic heterocycles. The number of aliphatic carboxylic acids is 2. The average Bonchev–Trinajstić information content (AvgIpc) is 3.46. The zero-order valence-electron chi connectivity index (χ0n) is 22.9. The van der Waals surface area contributed by atoms with E-state index in [1.54, 1.807) is 36.7 Å². The molecule has 0 radical (unpaired) electrons. The van der Waals surface area contributed by atoms with Crippen molar-refractivity contribution in [3.63, 3.8) is 0 Å². The highest BCUT2D eigenvalue weighted by molar-refractivity contribution is 5.88. The first-order chi connectivity index (χ1) is 19.9. The van der Waals surface area contributed by atoms with Gasteiger partial charge in [0.1, 0.15) is 11.6 Å². The molecule has 1 aromatic carbocycles. The van der Waals surface area contributed by atoms with Gasteiger partial charge in [0.15, 0.2) is 0 Å². The molecule has 0 aliphatic heterocycles. The maximum atomic E-state index is 12.9. The Morgan fingerprint density at radius 3 is 1.98 bits per heavy atom. The van der Waals surface area contributed by atoms with E-state index in [0.717, 1.165) is 29.0 Å². The van der Waals surface area contributed by atoms with Crippen molar-refractivity contribution in [2.45, 2.75) is 18.9 Å². The first-order valence-corrected chi connectivity index (χ1v) is 11.8. The van der Waals surface area contributed by atoms with E-state index in [1.165, 1.54) is 0 Å². The fraction of sp³-hybridized carbons (Fsp3) is 0.320. The number of carbonyl (C=O) groups is 3. The van der Waals surface area contributed by atoms with E-state index in [1.807, 2.05) is 49.3 Å². The van der Waals surface area contributed by atoms with E-state index in [0.29, 0.717) is 18.9 Å². The van der Waals surface area contributed by atoms with Crippen LogP contribution in [-0.4, -0.2) is 99.8 Å². The smallest absolute Gasteiger partial charge is 0.490 e. The second kappa shape index (κ2) is 16.5. The van der Waals surface area contributed by atoms with Crippen molar-refractivity contribution in [3.05, 3.63) is 60.6 Å². The third-order valence-corrected chi connectivity index (χ3v) is 4.93. The van der Waals surface area contributed by atoms with E-state index in [-0.39, 0.29) is 6.03 Å². The molecule has 236 valence electrons. The lowest BCUT2D eigenvalue weighted by Crippen LogP contribution is -2.39. The topological polar surface area (TPSA) is 161 Å². The van der Waals surface area contributed by atoms with Gasteiger partial charge in [-0.2, -0.15) is 31.4 Å². The Morgan fingerprint density at radius 1 is 0.930 bits per heavy atom. The van der Waals surface area contributed by atoms with Crippen LogP contribution in [0.25, 0.3) is 11.1 Å². The monoisotopic (exact) mass is 622 g/mol. The van der Waals surface area contributed by atoms with Gasteiger partial charge in [0.05, 0.1) is 13.3 Å². The van der Waals surface area contributed by atoms with Crippen molar-refractivity contribution in [2.24, 2.45) is 0 Å². The largest absolute Gasteiger partial charge is 0.497 e. The number of nitrogens with zero attached hydrogens (tertiary/aromatic N) is 4. The zero-order valence-corrected chi connectivity index (χ0v) is 22.9. The summed E-state index contributed by atoms with van der Waals surface area (Å²) < 4.78 is 68.8. The number of likely N-dealkylation sites (N-methyl/N-ethyl adjacent to an activating group) is 1. The number of ether oxygens (including phenoxy) is 1. The molecule has 3 aromatic rings. The summed E-state index contributed by atoms with van der Waals surface area (Å²) in [6.45, 7) is 1.82. The average molecular weight is 623 g/mol. The Bertz CT molecular complexity index is 1280. The molecule has 43 heavy (non-hydrogen) atoms. The zero-order chi connectivity index (χ0) is 32.8. The van der Waals surface area contributed by atoms with Crippen molar-refractivity contribution in [2.75, 3.05) is 39.6 Å². The number of methoxy groups -OCH3 is 1. The van der Waals surface area contributed by atoms with Gasteiger partial charge in [-0.25, -0.2) is 19.4 Å². The highest BCUT2D eigenvalue weighted by Crippen LogP contribution is 2.19. The number of pyridine rings is 1. The van der Waals surface area contributed by atoms with E-state index in [2.05, 4.69) is 20.5 Å². The Morgan fingerprint density at radius 2 is 1.53 bits per heavy atom. The van der Waals surface area contributed by atoms with E-state index in [4.69, 9.17) is 24.5 Å². The van der Waals surface area contributed by atoms with Crippen LogP contribution in [0.2, 0.25) is 0 Å². The molecular weight excluding hydrogens is 594 g/mol. The van der Waals surface area contributed by atoms with Crippen LogP contribution in [0.1, 0.15) is 5.56 Å². The molecule has 3 rings (SSSR count). The molecule has 0 saturated heterocycles. The van der Waals surface area contributed by atoms with Crippen LogP contribution in [0.5, 0.6) is 5.75 Å². The Labute approximate surface area is 240 Å². The minimum atomic E-state index is -5.08. The lowest BCUT2D eigenvalue weighted by molar-refractivity contribution is -0.193. The number of carboxylic acids is 2. The van der Waals surface area contributed by atoms with E-state index in [9.17, 15) is 31.1 Å². The van der Waals surface area contributed by atoms with Gasteiger partial charge < -0.3 is 24.7 Å². The first-order valence-electron chi connectivity index (χ1n) is 11.8. The second-order valence-corrected chi connectivity index (χ2v) is 8.53. The van der Waals surface area contributed by atoms with Gasteiger partial charge in [-0.15, -0.1) is 0 Å². The maximum Gasteiger partial charge on any atom is 0.490 e. The van der Waals surface area contributed by atoms with Crippen LogP contribution in [0.15, 0.2) is 55.0 Å². The molecule has 2 heterocycles. The van der Waals surface area contributed by atoms with Gasteiger partial charge in [0.2, 0.25) is 0 Å². The number of alkyl halides is 6. The van der Waals surface area contributed by atoms with Crippen molar-refractivity contribution >= 4 is 23.8 Å². The number of rotatable bonds is 8. The number of urea groups is 1. The number of halogens is 6. The number of H-pyrrole nitrogens is 1. The number of aromatic amines is 1. The predicted octanol–water partition coefficient (Wildman–Crippen LogP) is 4.34. The number of hydrogen-bond acceptors (Lipinski definition) is 7. The standard InChI is InChI=1S/C21H26N6O2.2C2HF3O2/c1-26(2)9-10-27(15-16-5-4-6-19(11-16)29-3)21(28)25-20-8-7-17(12-22-20)18-13-23-24-14-18;2*3-2(4,5)1(6)7/h4-8,11-14H,9-10,15H2,1-3H3,(H,23,24)(H,22,25,28);2*(H,6,7). The summed E-state index contributed by atoms with van der Waals surface area (Å²) in [5.41, 5.74) is 2.88. The van der Waals surface area contributed by atoms with Gasteiger partial charge in [-0.3, -0.25) is 10.4 Å². The van der Waals surface area contributed by atoms with Gasteiger partial charge in [-0.1, -0.05) is 12.1 Å². The molecule has 0 spiro atoms. The van der Waals surface area contributed by atoms with Gasteiger partial charge in [0, 0.05) is 43.2 Å². The lowest BCUT2D eigenvalue weighted by Gasteiger charge is -2.25. The molecule has 0 unspecified atom stereocenters. The third kappa shape index (κ3) is 14.0. The Hall–Kier alpha value is -4.87. The molecule has 2 amide bonds. The molecule has 0 fully saturated rings. The number of hydrogen-bond donors (Lipinski definition) is 4. The van der Waals surface area contributed by atoms with Crippen molar-refractivity contribution in [1.82, 2.24) is 25.0 Å². The summed E-state index contributed by atoms with van der Waals surface area (Å²) in [6.07, 6.45) is -4.93. The molecule has 0 atom stereocenters. The van der Waals surface area contributed by atoms with Crippen molar-refractivity contribution < 1.29 is 55.7 Å². The SMILES string of the molecule is COc1cccc(CN(CCN(C)C)C(=O)Nc2ccc(-c3cn[nH]c3)cn2)c1.O=C(O)C(F)(F)F.O=C(O)C(F)(F)F. The van der Waals surface area contributed by atoms with E-state index < -0.39 is 24.3 Å². The third-order valence-electron chi connectivity index (χ3n) is 4.93. The van der Waals surface area contributed by atoms with Crippen LogP contribution in [0.4, 0.5) is 37.0 Å². The summed E-state index contributed by atoms with van der Waals surface area (Å²) >= 11 is 0. The molecule has 12 nitrogen and oxygen atoms in total. The number of benzene rings is 1. The quantitative estimate of drug-likeness (QED) is 0.268. The van der Waals surface area contributed by atoms with Crippen LogP contribution < -0.4 is 10.1 Å². The minimum Gasteiger partial charge on any atom is -0.497 e. The number of carboxylic acid groups (broad SMARTS) is 2. The highest BCUT2D eigenvalue weighted by Gasteiger charge is 2.38. The number of carbonyl (C=O) groups excluding carboxylic acids is 1. The van der Waals surface area contributed by atoms with Crippen molar-refractivity contribution in [1.29, 1.82) is 0 Å². The predicted molar refractivity (Wildman–Crippen MR) is 140 cm³/mol. The first kappa shape index (κ1) is 36.2. The van der Waals surface area contributed by atoms with Gasteiger partial charge in [0.25, 0.3) is 0 Å². The van der Waals surface area contributed by atoms with Crippen LogP contribution in [-0.2, 0) is 16.1 Å². The Balaban J connectivity index is 0.000000548. The lowest BCUT2D eigenvalue weighted by atomic mass is 10.2. The normalized spacial score (nSPS) is 10.9. The van der Waals surface area contributed by atoms with Gasteiger partial charge in [-0.05, 0) is 43.9 Å². The molecule has 0 bridgehead atoms. The number of anilines is 1.